The van der Waals surface area contributed by atoms with Crippen LogP contribution in [0, 0.1) is 6.92 Å². The predicted molar refractivity (Wildman–Crippen MR) is 120 cm³/mol. The molecule has 5 rings (SSSR count). The topological polar surface area (TPSA) is 94.7 Å². The zero-order chi connectivity index (χ0) is 21.6. The summed E-state index contributed by atoms with van der Waals surface area (Å²) in [5, 5.41) is -0.0764. The van der Waals surface area contributed by atoms with Crippen molar-refractivity contribution in [3.63, 3.8) is 0 Å². The van der Waals surface area contributed by atoms with Crippen LogP contribution < -0.4 is 4.90 Å². The molecule has 0 bridgehead atoms. The molecular formula is C21H26N6O3S. The highest BCUT2D eigenvalue weighted by atomic mass is 32.2. The second-order valence-corrected chi connectivity index (χ2v) is 10.7. The first-order valence-corrected chi connectivity index (χ1v) is 12.4. The fraction of sp³-hybridized carbons (Fsp3) is 0.476. The van der Waals surface area contributed by atoms with Gasteiger partial charge in [-0.3, -0.25) is 4.57 Å². The average Bonchev–Trinajstić information content (AvgIpc) is 3.01. The number of aromatic nitrogens is 4. The molecule has 0 amide bonds. The Morgan fingerprint density at radius 2 is 1.94 bits per heavy atom. The number of hydrogen-bond donors (Lipinski definition) is 0. The maximum Gasteiger partial charge on any atom is 0.239 e. The minimum absolute atomic E-state index is 0.0764. The van der Waals surface area contributed by atoms with Crippen molar-refractivity contribution >= 4 is 32.4 Å². The normalized spacial score (nSPS) is 21.6. The van der Waals surface area contributed by atoms with Crippen molar-refractivity contribution in [1.29, 1.82) is 0 Å². The Bertz CT molecular complexity index is 1250. The first kappa shape index (κ1) is 20.3. The van der Waals surface area contributed by atoms with Gasteiger partial charge in [-0.05, 0) is 26.0 Å². The van der Waals surface area contributed by atoms with E-state index in [0.29, 0.717) is 38.2 Å². The molecule has 2 fully saturated rings. The van der Waals surface area contributed by atoms with Crippen LogP contribution in [0.4, 0.5) is 11.6 Å². The Hall–Kier alpha value is -2.56. The van der Waals surface area contributed by atoms with E-state index in [2.05, 4.69) is 21.2 Å². The second kappa shape index (κ2) is 7.85. The minimum Gasteiger partial charge on any atom is -0.379 e. The van der Waals surface area contributed by atoms with Crippen LogP contribution in [0.2, 0.25) is 0 Å². The Morgan fingerprint density at radius 1 is 1.13 bits per heavy atom. The molecule has 0 aliphatic carbocycles. The molecule has 0 spiro atoms. The summed E-state index contributed by atoms with van der Waals surface area (Å²) in [7, 11) is -2.48. The van der Waals surface area contributed by atoms with Crippen LogP contribution in [-0.4, -0.2) is 74.2 Å². The van der Waals surface area contributed by atoms with Gasteiger partial charge in [0.15, 0.2) is 5.82 Å². The van der Waals surface area contributed by atoms with E-state index in [-0.39, 0.29) is 11.3 Å². The smallest absolute Gasteiger partial charge is 0.239 e. The molecule has 9 nitrogen and oxygen atoms in total. The largest absolute Gasteiger partial charge is 0.379 e. The highest BCUT2D eigenvalue weighted by molar-refractivity contribution is 7.93. The van der Waals surface area contributed by atoms with Gasteiger partial charge < -0.3 is 14.4 Å². The van der Waals surface area contributed by atoms with E-state index < -0.39 is 9.73 Å². The lowest BCUT2D eigenvalue weighted by Crippen LogP contribution is -2.44. The van der Waals surface area contributed by atoms with Gasteiger partial charge >= 0.3 is 0 Å². The molecule has 31 heavy (non-hydrogen) atoms. The van der Waals surface area contributed by atoms with E-state index in [1.54, 1.807) is 6.26 Å². The van der Waals surface area contributed by atoms with Crippen molar-refractivity contribution in [2.75, 3.05) is 44.1 Å². The quantitative estimate of drug-likeness (QED) is 0.613. The minimum atomic E-state index is -2.48. The summed E-state index contributed by atoms with van der Waals surface area (Å²) in [6.45, 7) is 6.95. The number of hydrogen-bond acceptors (Lipinski definition) is 8. The number of morpholine rings is 1. The van der Waals surface area contributed by atoms with E-state index in [0.717, 1.165) is 29.2 Å². The van der Waals surface area contributed by atoms with Crippen molar-refractivity contribution in [2.24, 2.45) is 4.36 Å². The molecule has 0 saturated carbocycles. The fourth-order valence-corrected chi connectivity index (χ4v) is 5.21. The fourth-order valence-electron chi connectivity index (χ4n) is 3.90. The van der Waals surface area contributed by atoms with Gasteiger partial charge in [0.1, 0.15) is 11.6 Å². The molecule has 4 heterocycles. The molecule has 0 radical (unpaired) electrons. The van der Waals surface area contributed by atoms with Crippen LogP contribution in [0.15, 0.2) is 34.7 Å². The molecule has 3 aromatic rings. The van der Waals surface area contributed by atoms with Crippen LogP contribution in [0.25, 0.3) is 17.0 Å². The third-order valence-corrected chi connectivity index (χ3v) is 7.84. The first-order valence-electron chi connectivity index (χ1n) is 10.4. The van der Waals surface area contributed by atoms with Gasteiger partial charge in [0.2, 0.25) is 5.95 Å². The van der Waals surface area contributed by atoms with Crippen molar-refractivity contribution in [1.82, 2.24) is 19.5 Å². The van der Waals surface area contributed by atoms with E-state index in [1.807, 2.05) is 41.8 Å². The number of ether oxygens (including phenoxy) is 2. The van der Waals surface area contributed by atoms with Crippen LogP contribution in [-0.2, 0) is 19.2 Å². The molecule has 164 valence electrons. The van der Waals surface area contributed by atoms with Crippen LogP contribution in [0.1, 0.15) is 12.7 Å². The molecule has 2 aliphatic heterocycles. The van der Waals surface area contributed by atoms with Crippen LogP contribution in [0.3, 0.4) is 0 Å². The van der Waals surface area contributed by atoms with Crippen molar-refractivity contribution in [3.05, 3.63) is 36.2 Å². The average molecular weight is 443 g/mol. The Labute approximate surface area is 181 Å². The van der Waals surface area contributed by atoms with Gasteiger partial charge in [-0.25, -0.2) is 9.19 Å². The number of aryl methyl sites for hydroxylation is 1. The molecule has 10 heteroatoms. The molecule has 2 unspecified atom stereocenters. The third kappa shape index (κ3) is 3.79. The lowest BCUT2D eigenvalue weighted by atomic mass is 10.2. The summed E-state index contributed by atoms with van der Waals surface area (Å²) in [6, 6.07) is 9.87. The first-order chi connectivity index (χ1) is 14.9. The second-order valence-electron chi connectivity index (χ2n) is 8.10. The molecule has 2 saturated heterocycles. The molecule has 2 atom stereocenters. The third-order valence-electron chi connectivity index (χ3n) is 5.78. The summed E-state index contributed by atoms with van der Waals surface area (Å²) in [5.74, 6) is 2.41. The summed E-state index contributed by atoms with van der Waals surface area (Å²) < 4.78 is 30.5. The zero-order valence-electron chi connectivity index (χ0n) is 17.9. The van der Waals surface area contributed by atoms with E-state index in [4.69, 9.17) is 19.4 Å². The number of benzene rings is 1. The monoisotopic (exact) mass is 442 g/mol. The molecule has 2 aliphatic rings. The maximum atomic E-state index is 13.2. The highest BCUT2D eigenvalue weighted by Gasteiger charge is 2.28. The Kier molecular flexibility index (Phi) is 5.15. The summed E-state index contributed by atoms with van der Waals surface area (Å²) in [5.41, 5.74) is 1.79. The van der Waals surface area contributed by atoms with Crippen molar-refractivity contribution < 1.29 is 13.7 Å². The number of nitrogens with zero attached hydrogens (tertiary/aromatic N) is 6. The predicted octanol–water partition coefficient (Wildman–Crippen LogP) is 2.48. The van der Waals surface area contributed by atoms with Gasteiger partial charge in [-0.2, -0.15) is 14.3 Å². The SMILES string of the molecule is Cc1nc2ccccc2n1-c1nc(N=S(C)(=O)C2COC2)cc(N2CCOCC2C)n1. The lowest BCUT2D eigenvalue weighted by Gasteiger charge is -2.34. The number of anilines is 1. The van der Waals surface area contributed by atoms with Gasteiger partial charge in [0.25, 0.3) is 0 Å². The lowest BCUT2D eigenvalue weighted by molar-refractivity contribution is 0.0431. The number of imidazole rings is 1. The van der Waals surface area contributed by atoms with Crippen molar-refractivity contribution in [2.45, 2.75) is 25.1 Å². The van der Waals surface area contributed by atoms with E-state index in [1.165, 1.54) is 0 Å². The Balaban J connectivity index is 1.68. The zero-order valence-corrected chi connectivity index (χ0v) is 18.7. The highest BCUT2D eigenvalue weighted by Crippen LogP contribution is 2.28. The molecule has 2 aromatic heterocycles. The number of fused-ring (bicyclic) bond motifs is 1. The summed E-state index contributed by atoms with van der Waals surface area (Å²) in [4.78, 5) is 16.4. The van der Waals surface area contributed by atoms with Crippen molar-refractivity contribution in [3.8, 4) is 5.95 Å². The van der Waals surface area contributed by atoms with Gasteiger partial charge in [-0.1, -0.05) is 12.1 Å². The maximum absolute atomic E-state index is 13.2. The standard InChI is InChI=1S/C21H26N6O3S/c1-14-11-29-9-8-26(14)20-10-19(25-31(3,28)16-12-30-13-16)23-21(24-20)27-15(2)22-17-6-4-5-7-18(17)27/h4-7,10,14,16H,8-9,11-13H2,1-3H3. The van der Waals surface area contributed by atoms with Gasteiger partial charge in [0, 0.05) is 18.9 Å². The number of rotatable bonds is 4. The summed E-state index contributed by atoms with van der Waals surface area (Å²) in [6.07, 6.45) is 1.68. The molecular weight excluding hydrogens is 416 g/mol. The molecule has 0 N–H and O–H groups in total. The van der Waals surface area contributed by atoms with Gasteiger partial charge in [0.05, 0.1) is 58.5 Å². The Morgan fingerprint density at radius 3 is 2.68 bits per heavy atom. The van der Waals surface area contributed by atoms with E-state index in [9.17, 15) is 4.21 Å². The van der Waals surface area contributed by atoms with Crippen LogP contribution in [0.5, 0.6) is 0 Å². The van der Waals surface area contributed by atoms with Crippen LogP contribution >= 0.6 is 0 Å². The van der Waals surface area contributed by atoms with E-state index >= 15 is 0 Å². The molecule has 1 aromatic carbocycles. The van der Waals surface area contributed by atoms with Gasteiger partial charge in [-0.15, -0.1) is 0 Å². The summed E-state index contributed by atoms with van der Waals surface area (Å²) >= 11 is 0. The number of para-hydroxylation sites is 2.